The molecule has 1 aliphatic rings. The fourth-order valence-electron chi connectivity index (χ4n) is 2.92. The van der Waals surface area contributed by atoms with E-state index in [1.807, 2.05) is 0 Å². The number of carbonyl (C=O) groups excluding carboxylic acids is 2. The fourth-order valence-corrected chi connectivity index (χ4v) is 3.10. The minimum Gasteiger partial charge on any atom is -0.458 e. The summed E-state index contributed by atoms with van der Waals surface area (Å²) in [6, 6.07) is 4.50. The summed E-state index contributed by atoms with van der Waals surface area (Å²) >= 11 is 5.97. The summed E-state index contributed by atoms with van der Waals surface area (Å²) < 4.78 is 10.9. The Hall–Kier alpha value is -2.21. The van der Waals surface area contributed by atoms with Crippen LogP contribution in [0.15, 0.2) is 22.6 Å². The Bertz CT molecular complexity index is 771. The Balaban J connectivity index is 1.74. The summed E-state index contributed by atoms with van der Waals surface area (Å²) in [6.07, 6.45) is 1.62. The van der Waals surface area contributed by atoms with E-state index in [1.165, 1.54) is 4.90 Å². The molecule has 0 bridgehead atoms. The van der Waals surface area contributed by atoms with Gasteiger partial charge >= 0.3 is 12.0 Å². The van der Waals surface area contributed by atoms with Gasteiger partial charge in [-0.3, -0.25) is 0 Å². The summed E-state index contributed by atoms with van der Waals surface area (Å²) in [4.78, 5) is 25.1. The maximum absolute atomic E-state index is 12.3. The van der Waals surface area contributed by atoms with Gasteiger partial charge in [0, 0.05) is 22.5 Å². The zero-order valence-electron chi connectivity index (χ0n) is 12.7. The van der Waals surface area contributed by atoms with Crippen molar-refractivity contribution in [1.29, 1.82) is 0 Å². The average Bonchev–Trinajstić information content (AvgIpc) is 3.10. The van der Waals surface area contributed by atoms with E-state index >= 15 is 0 Å². The van der Waals surface area contributed by atoms with Crippen LogP contribution < -0.4 is 5.73 Å². The molecule has 2 aromatic rings. The van der Waals surface area contributed by atoms with E-state index in [0.717, 1.165) is 18.2 Å². The monoisotopic (exact) mass is 336 g/mol. The second kappa shape index (κ2) is 6.12. The first-order valence-electron chi connectivity index (χ1n) is 7.39. The molecular formula is C16H17ClN2O4. The van der Waals surface area contributed by atoms with Crippen molar-refractivity contribution in [1.82, 2.24) is 4.90 Å². The van der Waals surface area contributed by atoms with E-state index in [1.54, 1.807) is 25.1 Å². The van der Waals surface area contributed by atoms with Crippen molar-refractivity contribution in [3.8, 4) is 0 Å². The first kappa shape index (κ1) is 15.7. The first-order chi connectivity index (χ1) is 11.0. The molecule has 3 rings (SSSR count). The minimum atomic E-state index is -0.550. The van der Waals surface area contributed by atoms with Gasteiger partial charge in [0.25, 0.3) is 0 Å². The zero-order valence-corrected chi connectivity index (χ0v) is 13.4. The molecule has 1 aromatic heterocycles. The molecule has 1 aliphatic heterocycles. The molecule has 1 fully saturated rings. The maximum atomic E-state index is 12.3. The van der Waals surface area contributed by atoms with E-state index < -0.39 is 12.0 Å². The van der Waals surface area contributed by atoms with Gasteiger partial charge in [-0.05, 0) is 38.0 Å². The Kier molecular flexibility index (Phi) is 4.17. The van der Waals surface area contributed by atoms with Gasteiger partial charge in [-0.15, -0.1) is 0 Å². The number of nitrogens with two attached hydrogens (primary N) is 1. The number of carbonyl (C=O) groups is 2. The number of fused-ring (bicyclic) bond motifs is 1. The molecule has 7 heteroatoms. The average molecular weight is 337 g/mol. The number of likely N-dealkylation sites (tertiary alicyclic amines) is 1. The summed E-state index contributed by atoms with van der Waals surface area (Å²) in [5.41, 5.74) is 6.58. The van der Waals surface area contributed by atoms with Gasteiger partial charge < -0.3 is 19.8 Å². The lowest BCUT2D eigenvalue weighted by Crippen LogP contribution is -2.41. The third-order valence-electron chi connectivity index (χ3n) is 4.15. The lowest BCUT2D eigenvalue weighted by atomic mass is 10.1. The molecule has 0 radical (unpaired) electrons. The van der Waals surface area contributed by atoms with Gasteiger partial charge in [-0.2, -0.15) is 0 Å². The topological polar surface area (TPSA) is 85.8 Å². The smallest absolute Gasteiger partial charge is 0.374 e. The van der Waals surface area contributed by atoms with Gasteiger partial charge in [0.2, 0.25) is 5.76 Å². The van der Waals surface area contributed by atoms with Crippen molar-refractivity contribution in [2.24, 2.45) is 5.73 Å². The molecule has 0 aliphatic carbocycles. The number of rotatable bonds is 3. The summed E-state index contributed by atoms with van der Waals surface area (Å²) in [7, 11) is 0. The second-order valence-electron chi connectivity index (χ2n) is 5.62. The predicted molar refractivity (Wildman–Crippen MR) is 85.6 cm³/mol. The molecule has 2 heterocycles. The van der Waals surface area contributed by atoms with E-state index in [9.17, 15) is 9.59 Å². The van der Waals surface area contributed by atoms with Crippen LogP contribution in [-0.4, -0.2) is 36.1 Å². The van der Waals surface area contributed by atoms with Crippen LogP contribution in [0.1, 0.15) is 29.0 Å². The molecule has 2 amide bonds. The van der Waals surface area contributed by atoms with Crippen molar-refractivity contribution in [2.75, 3.05) is 13.2 Å². The van der Waals surface area contributed by atoms with Crippen LogP contribution in [0, 0.1) is 6.92 Å². The number of esters is 1. The Morgan fingerprint density at radius 2 is 2.26 bits per heavy atom. The van der Waals surface area contributed by atoms with Crippen molar-refractivity contribution in [3.05, 3.63) is 34.5 Å². The van der Waals surface area contributed by atoms with Gasteiger partial charge in [-0.25, -0.2) is 9.59 Å². The van der Waals surface area contributed by atoms with E-state index in [2.05, 4.69) is 0 Å². The third kappa shape index (κ3) is 2.99. The Morgan fingerprint density at radius 1 is 1.48 bits per heavy atom. The van der Waals surface area contributed by atoms with E-state index in [-0.39, 0.29) is 18.4 Å². The largest absolute Gasteiger partial charge is 0.458 e. The van der Waals surface area contributed by atoms with Gasteiger partial charge in [0.15, 0.2) is 0 Å². The molecule has 1 saturated heterocycles. The first-order valence-corrected chi connectivity index (χ1v) is 7.77. The maximum Gasteiger partial charge on any atom is 0.374 e. The van der Waals surface area contributed by atoms with Gasteiger partial charge in [0.05, 0.1) is 6.04 Å². The number of hydrogen-bond donors (Lipinski definition) is 1. The number of aryl methyl sites for hydroxylation is 1. The van der Waals surface area contributed by atoms with Crippen LogP contribution in [0.3, 0.4) is 0 Å². The quantitative estimate of drug-likeness (QED) is 0.873. The number of benzene rings is 1. The lowest BCUT2D eigenvalue weighted by Gasteiger charge is -2.21. The Labute approximate surface area is 138 Å². The molecule has 1 atom stereocenters. The predicted octanol–water partition coefficient (Wildman–Crippen LogP) is 3.09. The van der Waals surface area contributed by atoms with Crippen LogP contribution in [0.4, 0.5) is 4.79 Å². The standard InChI is InChI=1S/C16H17ClN2O4/c1-9-12-7-10(17)4-5-13(12)23-14(9)15(20)22-8-11-3-2-6-19(11)16(18)21/h4-5,7,11H,2-3,6,8H2,1H3,(H2,18,21)/t11-/m1/s1. The number of furan rings is 1. The second-order valence-corrected chi connectivity index (χ2v) is 6.06. The highest BCUT2D eigenvalue weighted by Crippen LogP contribution is 2.28. The molecule has 6 nitrogen and oxygen atoms in total. The third-order valence-corrected chi connectivity index (χ3v) is 4.39. The number of urea groups is 1. The van der Waals surface area contributed by atoms with Crippen LogP contribution in [-0.2, 0) is 4.74 Å². The fraction of sp³-hybridized carbons (Fsp3) is 0.375. The molecule has 1 aromatic carbocycles. The van der Waals surface area contributed by atoms with Crippen molar-refractivity contribution in [3.63, 3.8) is 0 Å². The summed E-state index contributed by atoms with van der Waals surface area (Å²) in [5, 5.41) is 1.36. The van der Waals surface area contributed by atoms with Crippen molar-refractivity contribution < 1.29 is 18.7 Å². The summed E-state index contributed by atoms with van der Waals surface area (Å²) in [6.45, 7) is 2.49. The highest BCUT2D eigenvalue weighted by Gasteiger charge is 2.29. The van der Waals surface area contributed by atoms with Crippen LogP contribution in [0.5, 0.6) is 0 Å². The molecule has 0 spiro atoms. The van der Waals surface area contributed by atoms with Crippen molar-refractivity contribution in [2.45, 2.75) is 25.8 Å². The molecule has 0 saturated carbocycles. The lowest BCUT2D eigenvalue weighted by molar-refractivity contribution is 0.0388. The Morgan fingerprint density at radius 3 is 3.00 bits per heavy atom. The van der Waals surface area contributed by atoms with Gasteiger partial charge in [0.1, 0.15) is 12.2 Å². The highest BCUT2D eigenvalue weighted by atomic mass is 35.5. The number of nitrogens with zero attached hydrogens (tertiary/aromatic N) is 1. The number of amides is 2. The molecular weight excluding hydrogens is 320 g/mol. The summed E-state index contributed by atoms with van der Waals surface area (Å²) in [5.74, 6) is -0.392. The van der Waals surface area contributed by atoms with Crippen LogP contribution in [0.25, 0.3) is 11.0 Å². The highest BCUT2D eigenvalue weighted by molar-refractivity contribution is 6.31. The number of ether oxygens (including phenoxy) is 1. The number of halogens is 1. The van der Waals surface area contributed by atoms with Crippen molar-refractivity contribution >= 4 is 34.6 Å². The minimum absolute atomic E-state index is 0.110. The van der Waals surface area contributed by atoms with E-state index in [4.69, 9.17) is 26.5 Å². The van der Waals surface area contributed by atoms with Crippen LogP contribution >= 0.6 is 11.6 Å². The SMILES string of the molecule is Cc1c(C(=O)OC[C@H]2CCCN2C(N)=O)oc2ccc(Cl)cc12. The molecule has 0 unspecified atom stereocenters. The zero-order chi connectivity index (χ0) is 16.6. The number of primary amides is 1. The molecule has 122 valence electrons. The van der Waals surface area contributed by atoms with Gasteiger partial charge in [-0.1, -0.05) is 11.6 Å². The number of hydrogen-bond acceptors (Lipinski definition) is 4. The molecule has 2 N–H and O–H groups in total. The van der Waals surface area contributed by atoms with Crippen LogP contribution in [0.2, 0.25) is 5.02 Å². The van der Waals surface area contributed by atoms with E-state index in [0.29, 0.717) is 22.7 Å². The molecule has 23 heavy (non-hydrogen) atoms. The normalized spacial score (nSPS) is 17.7.